The van der Waals surface area contributed by atoms with Gasteiger partial charge in [-0.25, -0.2) is 8.42 Å². The van der Waals surface area contributed by atoms with E-state index in [1.807, 2.05) is 47.4 Å². The number of sulfonamides is 1. The SMILES string of the molecule is O=C(CN1CCN(S(=O)(=O)Cc2ccccc2)CC1)N[C@H]1CCCc2ccccc21. The molecule has 2 aromatic carbocycles. The summed E-state index contributed by atoms with van der Waals surface area (Å²) in [5.74, 6) is 0.0346. The van der Waals surface area contributed by atoms with Crippen LogP contribution in [0.4, 0.5) is 0 Å². The Kier molecular flexibility index (Phi) is 6.51. The zero-order chi connectivity index (χ0) is 21.0. The molecule has 7 heteroatoms. The number of carbonyl (C=O) groups excluding carboxylic acids is 1. The van der Waals surface area contributed by atoms with Crippen molar-refractivity contribution in [1.29, 1.82) is 0 Å². The summed E-state index contributed by atoms with van der Waals surface area (Å²) >= 11 is 0. The van der Waals surface area contributed by atoms with E-state index in [0.717, 1.165) is 24.8 Å². The fraction of sp³-hybridized carbons (Fsp3) is 0.435. The van der Waals surface area contributed by atoms with E-state index in [-0.39, 0.29) is 17.7 Å². The minimum atomic E-state index is -3.34. The Morgan fingerprint density at radius 3 is 2.43 bits per heavy atom. The van der Waals surface area contributed by atoms with Crippen LogP contribution in [0.3, 0.4) is 0 Å². The van der Waals surface area contributed by atoms with Gasteiger partial charge in [0.2, 0.25) is 15.9 Å². The molecule has 2 aromatic rings. The Balaban J connectivity index is 1.27. The number of carbonyl (C=O) groups is 1. The highest BCUT2D eigenvalue weighted by atomic mass is 32.2. The van der Waals surface area contributed by atoms with Gasteiger partial charge in [0.1, 0.15) is 0 Å². The number of benzene rings is 2. The molecule has 160 valence electrons. The van der Waals surface area contributed by atoms with Gasteiger partial charge in [-0.2, -0.15) is 4.31 Å². The lowest BCUT2D eigenvalue weighted by Crippen LogP contribution is -2.51. The standard InChI is InChI=1S/C23H29N3O3S/c27-23(24-22-12-6-10-20-9-4-5-11-21(20)22)17-25-13-15-26(16-14-25)30(28,29)18-19-7-2-1-3-8-19/h1-5,7-9,11,22H,6,10,12-18H2,(H,24,27)/t22-/m0/s1. The van der Waals surface area contributed by atoms with Crippen molar-refractivity contribution in [3.8, 4) is 0 Å². The van der Waals surface area contributed by atoms with Gasteiger partial charge < -0.3 is 5.32 Å². The van der Waals surface area contributed by atoms with Gasteiger partial charge in [0.15, 0.2) is 0 Å². The van der Waals surface area contributed by atoms with Crippen molar-refractivity contribution in [3.63, 3.8) is 0 Å². The van der Waals surface area contributed by atoms with Gasteiger partial charge in [0, 0.05) is 26.2 Å². The summed E-state index contributed by atoms with van der Waals surface area (Å²) in [6.45, 7) is 2.31. The zero-order valence-electron chi connectivity index (χ0n) is 17.2. The fourth-order valence-electron chi connectivity index (χ4n) is 4.39. The summed E-state index contributed by atoms with van der Waals surface area (Å²) in [5, 5.41) is 3.18. The summed E-state index contributed by atoms with van der Waals surface area (Å²) < 4.78 is 26.9. The summed E-state index contributed by atoms with van der Waals surface area (Å²) in [7, 11) is -3.34. The lowest BCUT2D eigenvalue weighted by atomic mass is 9.88. The van der Waals surface area contributed by atoms with Crippen LogP contribution in [0, 0.1) is 0 Å². The van der Waals surface area contributed by atoms with Crippen LogP contribution in [0.2, 0.25) is 0 Å². The molecule has 0 radical (unpaired) electrons. The van der Waals surface area contributed by atoms with Gasteiger partial charge in [-0.15, -0.1) is 0 Å². The Labute approximate surface area is 178 Å². The number of amides is 1. The molecule has 1 N–H and O–H groups in total. The Morgan fingerprint density at radius 1 is 0.967 bits per heavy atom. The summed E-state index contributed by atoms with van der Waals surface area (Å²) in [6, 6.07) is 17.7. The number of rotatable bonds is 6. The van der Waals surface area contributed by atoms with E-state index in [9.17, 15) is 13.2 Å². The van der Waals surface area contributed by atoms with Crippen molar-refractivity contribution < 1.29 is 13.2 Å². The van der Waals surface area contributed by atoms with E-state index in [4.69, 9.17) is 0 Å². The van der Waals surface area contributed by atoms with E-state index < -0.39 is 10.0 Å². The molecule has 0 unspecified atom stereocenters. The van der Waals surface area contributed by atoms with E-state index in [1.54, 1.807) is 4.31 Å². The van der Waals surface area contributed by atoms with E-state index >= 15 is 0 Å². The number of aryl methyl sites for hydroxylation is 1. The second kappa shape index (κ2) is 9.29. The predicted molar refractivity (Wildman–Crippen MR) is 117 cm³/mol. The smallest absolute Gasteiger partial charge is 0.234 e. The van der Waals surface area contributed by atoms with Crippen LogP contribution in [-0.2, 0) is 27.0 Å². The average Bonchev–Trinajstić information content (AvgIpc) is 2.75. The third-order valence-corrected chi connectivity index (χ3v) is 7.84. The van der Waals surface area contributed by atoms with Gasteiger partial charge in [-0.1, -0.05) is 54.6 Å². The van der Waals surface area contributed by atoms with Crippen molar-refractivity contribution >= 4 is 15.9 Å². The number of hydrogen-bond donors (Lipinski definition) is 1. The molecule has 1 fully saturated rings. The number of nitrogens with one attached hydrogen (secondary N) is 1. The van der Waals surface area contributed by atoms with E-state index in [1.165, 1.54) is 11.1 Å². The highest BCUT2D eigenvalue weighted by molar-refractivity contribution is 7.88. The zero-order valence-corrected chi connectivity index (χ0v) is 18.0. The number of nitrogens with zero attached hydrogens (tertiary/aromatic N) is 2. The van der Waals surface area contributed by atoms with Crippen LogP contribution in [0.1, 0.15) is 35.6 Å². The molecule has 6 nitrogen and oxygen atoms in total. The second-order valence-corrected chi connectivity index (χ2v) is 10.1. The van der Waals surface area contributed by atoms with Crippen LogP contribution in [-0.4, -0.2) is 56.3 Å². The number of fused-ring (bicyclic) bond motifs is 1. The molecule has 1 aliphatic carbocycles. The normalized spacial score (nSPS) is 20.5. The van der Waals surface area contributed by atoms with Gasteiger partial charge in [0.25, 0.3) is 0 Å². The third kappa shape index (κ3) is 5.09. The molecule has 0 bridgehead atoms. The monoisotopic (exact) mass is 427 g/mol. The first-order chi connectivity index (χ1) is 14.5. The molecule has 1 heterocycles. The van der Waals surface area contributed by atoms with Gasteiger partial charge >= 0.3 is 0 Å². The van der Waals surface area contributed by atoms with Crippen LogP contribution in [0.5, 0.6) is 0 Å². The molecule has 2 aliphatic rings. The average molecular weight is 428 g/mol. The first-order valence-corrected chi connectivity index (χ1v) is 12.2. The molecule has 0 aromatic heterocycles. The van der Waals surface area contributed by atoms with Crippen LogP contribution >= 0.6 is 0 Å². The minimum absolute atomic E-state index is 0.0114. The molecule has 1 saturated heterocycles. The summed E-state index contributed by atoms with van der Waals surface area (Å²) in [5.41, 5.74) is 3.35. The number of hydrogen-bond acceptors (Lipinski definition) is 4. The predicted octanol–water partition coefficient (Wildman–Crippen LogP) is 2.33. The second-order valence-electron chi connectivity index (χ2n) is 8.13. The maximum atomic E-state index is 12.7. The third-order valence-electron chi connectivity index (χ3n) is 5.99. The Morgan fingerprint density at radius 2 is 1.67 bits per heavy atom. The lowest BCUT2D eigenvalue weighted by Gasteiger charge is -2.34. The van der Waals surface area contributed by atoms with Crippen molar-refractivity contribution in [1.82, 2.24) is 14.5 Å². The van der Waals surface area contributed by atoms with Crippen LogP contribution in [0.15, 0.2) is 54.6 Å². The van der Waals surface area contributed by atoms with Crippen LogP contribution in [0.25, 0.3) is 0 Å². The molecular formula is C23H29N3O3S. The molecule has 4 rings (SSSR count). The molecule has 1 amide bonds. The fourth-order valence-corrected chi connectivity index (χ4v) is 5.90. The van der Waals surface area contributed by atoms with Gasteiger partial charge in [-0.05, 0) is 36.0 Å². The largest absolute Gasteiger partial charge is 0.348 e. The summed E-state index contributed by atoms with van der Waals surface area (Å²) in [6.07, 6.45) is 3.12. The summed E-state index contributed by atoms with van der Waals surface area (Å²) in [4.78, 5) is 14.7. The Bertz CT molecular complexity index is 970. The molecule has 0 spiro atoms. The van der Waals surface area contributed by atoms with Crippen molar-refractivity contribution in [2.45, 2.75) is 31.1 Å². The first-order valence-electron chi connectivity index (χ1n) is 10.6. The quantitative estimate of drug-likeness (QED) is 0.768. The molecule has 1 atom stereocenters. The van der Waals surface area contributed by atoms with Crippen molar-refractivity contribution in [2.24, 2.45) is 0 Å². The van der Waals surface area contributed by atoms with Gasteiger partial charge in [-0.3, -0.25) is 9.69 Å². The maximum Gasteiger partial charge on any atom is 0.234 e. The minimum Gasteiger partial charge on any atom is -0.348 e. The first kappa shape index (κ1) is 21.0. The lowest BCUT2D eigenvalue weighted by molar-refractivity contribution is -0.123. The topological polar surface area (TPSA) is 69.7 Å². The molecule has 0 saturated carbocycles. The highest BCUT2D eigenvalue weighted by Gasteiger charge is 2.28. The van der Waals surface area contributed by atoms with Gasteiger partial charge in [0.05, 0.1) is 18.3 Å². The van der Waals surface area contributed by atoms with E-state index in [2.05, 4.69) is 17.4 Å². The molecule has 1 aliphatic heterocycles. The highest BCUT2D eigenvalue weighted by Crippen LogP contribution is 2.29. The molecule has 30 heavy (non-hydrogen) atoms. The molecular weight excluding hydrogens is 398 g/mol. The van der Waals surface area contributed by atoms with Crippen LogP contribution < -0.4 is 5.32 Å². The maximum absolute atomic E-state index is 12.7. The Hall–Kier alpha value is -2.22. The van der Waals surface area contributed by atoms with E-state index in [0.29, 0.717) is 32.7 Å². The van der Waals surface area contributed by atoms with Crippen molar-refractivity contribution in [2.75, 3.05) is 32.7 Å². The number of piperazine rings is 1. The van der Waals surface area contributed by atoms with Crippen molar-refractivity contribution in [3.05, 3.63) is 71.3 Å².